The molecule has 4 nitrogen and oxygen atoms in total. The second-order valence-electron chi connectivity index (χ2n) is 4.57. The van der Waals surface area contributed by atoms with Crippen LogP contribution in [0, 0.1) is 5.92 Å². The summed E-state index contributed by atoms with van der Waals surface area (Å²) in [5, 5.41) is 0. The molecular formula is C15H22O4. The third kappa shape index (κ3) is 3.88. The first-order valence-electron chi connectivity index (χ1n) is 6.46. The van der Waals surface area contributed by atoms with Crippen LogP contribution in [0.25, 0.3) is 0 Å². The number of benzene rings is 1. The Balaban J connectivity index is 2.83. The van der Waals surface area contributed by atoms with E-state index in [-0.39, 0.29) is 12.1 Å². The summed E-state index contributed by atoms with van der Waals surface area (Å²) in [4.78, 5) is 12.0. The second-order valence-corrected chi connectivity index (χ2v) is 4.57. The summed E-state index contributed by atoms with van der Waals surface area (Å²) in [5.74, 6) is 1.11. The Hall–Kier alpha value is -1.71. The number of rotatable bonds is 6. The van der Waals surface area contributed by atoms with E-state index in [1.807, 2.05) is 6.92 Å². The average Bonchev–Trinajstić information content (AvgIpc) is 2.45. The van der Waals surface area contributed by atoms with E-state index in [0.717, 1.165) is 6.42 Å². The van der Waals surface area contributed by atoms with Crippen molar-refractivity contribution in [1.82, 2.24) is 0 Å². The standard InChI is InChI=1S/C15H22O4/c1-6-10(2)11(3)19-15(16)12-7-8-13(17-4)14(9-12)18-5/h7-11H,6H2,1-5H3. The van der Waals surface area contributed by atoms with Crippen molar-refractivity contribution in [2.24, 2.45) is 5.92 Å². The number of hydrogen-bond acceptors (Lipinski definition) is 4. The quantitative estimate of drug-likeness (QED) is 0.741. The van der Waals surface area contributed by atoms with Gasteiger partial charge < -0.3 is 14.2 Å². The molecule has 0 saturated heterocycles. The van der Waals surface area contributed by atoms with E-state index < -0.39 is 0 Å². The molecule has 0 amide bonds. The molecule has 0 radical (unpaired) electrons. The Morgan fingerprint density at radius 1 is 1.16 bits per heavy atom. The summed E-state index contributed by atoms with van der Waals surface area (Å²) in [6.07, 6.45) is 0.867. The highest BCUT2D eigenvalue weighted by molar-refractivity contribution is 5.90. The van der Waals surface area contributed by atoms with E-state index in [9.17, 15) is 4.79 Å². The minimum absolute atomic E-state index is 0.106. The SMILES string of the molecule is CCC(C)C(C)OC(=O)c1ccc(OC)c(OC)c1. The summed E-state index contributed by atoms with van der Waals surface area (Å²) in [7, 11) is 3.09. The van der Waals surface area contributed by atoms with E-state index in [4.69, 9.17) is 14.2 Å². The van der Waals surface area contributed by atoms with Gasteiger partial charge in [0, 0.05) is 0 Å². The minimum atomic E-state index is -0.339. The minimum Gasteiger partial charge on any atom is -0.493 e. The number of carbonyl (C=O) groups excluding carboxylic acids is 1. The topological polar surface area (TPSA) is 44.8 Å². The first kappa shape index (κ1) is 15.3. The van der Waals surface area contributed by atoms with Gasteiger partial charge in [-0.3, -0.25) is 0 Å². The molecule has 106 valence electrons. The van der Waals surface area contributed by atoms with Crippen LogP contribution >= 0.6 is 0 Å². The molecule has 0 N–H and O–H groups in total. The average molecular weight is 266 g/mol. The van der Waals surface area contributed by atoms with Crippen LogP contribution in [0.4, 0.5) is 0 Å². The summed E-state index contributed by atoms with van der Waals surface area (Å²) in [6.45, 7) is 6.05. The molecule has 0 saturated carbocycles. The Labute approximate surface area is 114 Å². The van der Waals surface area contributed by atoms with E-state index in [0.29, 0.717) is 23.0 Å². The number of esters is 1. The fourth-order valence-electron chi connectivity index (χ4n) is 1.65. The Bertz CT molecular complexity index is 428. The lowest BCUT2D eigenvalue weighted by molar-refractivity contribution is 0.0213. The molecule has 0 aliphatic carbocycles. The highest BCUT2D eigenvalue weighted by Gasteiger charge is 2.18. The zero-order valence-corrected chi connectivity index (χ0v) is 12.2. The monoisotopic (exact) mass is 266 g/mol. The Kier molecular flexibility index (Phi) is 5.67. The predicted octanol–water partition coefficient (Wildman–Crippen LogP) is 3.30. The zero-order chi connectivity index (χ0) is 14.4. The number of methoxy groups -OCH3 is 2. The summed E-state index contributed by atoms with van der Waals surface area (Å²) in [5.41, 5.74) is 0.466. The van der Waals surface area contributed by atoms with Gasteiger partial charge in [-0.25, -0.2) is 4.79 Å². The van der Waals surface area contributed by atoms with Crippen molar-refractivity contribution >= 4 is 5.97 Å². The zero-order valence-electron chi connectivity index (χ0n) is 12.2. The van der Waals surface area contributed by atoms with Crippen LogP contribution in [0.5, 0.6) is 11.5 Å². The molecule has 19 heavy (non-hydrogen) atoms. The highest BCUT2D eigenvalue weighted by atomic mass is 16.5. The van der Waals surface area contributed by atoms with Crippen LogP contribution in [0.3, 0.4) is 0 Å². The van der Waals surface area contributed by atoms with Gasteiger partial charge in [0.2, 0.25) is 0 Å². The third-order valence-electron chi connectivity index (χ3n) is 3.36. The molecule has 4 heteroatoms. The number of carbonyl (C=O) groups is 1. The lowest BCUT2D eigenvalue weighted by Crippen LogP contribution is -2.21. The Morgan fingerprint density at radius 2 is 1.79 bits per heavy atom. The maximum atomic E-state index is 12.0. The van der Waals surface area contributed by atoms with E-state index in [1.165, 1.54) is 7.11 Å². The van der Waals surface area contributed by atoms with E-state index >= 15 is 0 Å². The first-order valence-corrected chi connectivity index (χ1v) is 6.46. The highest BCUT2D eigenvalue weighted by Crippen LogP contribution is 2.28. The normalized spacial score (nSPS) is 13.5. The molecule has 1 aromatic carbocycles. The maximum Gasteiger partial charge on any atom is 0.338 e. The molecule has 2 unspecified atom stereocenters. The van der Waals surface area contributed by atoms with E-state index in [1.54, 1.807) is 25.3 Å². The largest absolute Gasteiger partial charge is 0.493 e. The Morgan fingerprint density at radius 3 is 2.32 bits per heavy atom. The molecule has 0 aliphatic rings. The second kappa shape index (κ2) is 7.02. The van der Waals surface area contributed by atoms with Crippen LogP contribution in [-0.2, 0) is 4.74 Å². The van der Waals surface area contributed by atoms with Gasteiger partial charge in [0.05, 0.1) is 19.8 Å². The van der Waals surface area contributed by atoms with Crippen LogP contribution in [0.15, 0.2) is 18.2 Å². The van der Waals surface area contributed by atoms with Crippen LogP contribution in [0.2, 0.25) is 0 Å². The maximum absolute atomic E-state index is 12.0. The van der Waals surface area contributed by atoms with Gasteiger partial charge in [-0.15, -0.1) is 0 Å². The van der Waals surface area contributed by atoms with E-state index in [2.05, 4.69) is 13.8 Å². The van der Waals surface area contributed by atoms with Crippen molar-refractivity contribution in [3.63, 3.8) is 0 Å². The van der Waals surface area contributed by atoms with Crippen LogP contribution in [-0.4, -0.2) is 26.3 Å². The molecular weight excluding hydrogens is 244 g/mol. The fourth-order valence-corrected chi connectivity index (χ4v) is 1.65. The van der Waals surface area contributed by atoms with Gasteiger partial charge in [-0.1, -0.05) is 20.3 Å². The molecule has 0 bridgehead atoms. The van der Waals surface area contributed by atoms with Gasteiger partial charge in [0.25, 0.3) is 0 Å². The third-order valence-corrected chi connectivity index (χ3v) is 3.36. The summed E-state index contributed by atoms with van der Waals surface area (Å²) in [6, 6.07) is 5.00. The number of hydrogen-bond donors (Lipinski definition) is 0. The van der Waals surface area contributed by atoms with Crippen molar-refractivity contribution in [2.75, 3.05) is 14.2 Å². The molecule has 0 fully saturated rings. The summed E-state index contributed by atoms with van der Waals surface area (Å²) >= 11 is 0. The van der Waals surface area contributed by atoms with Crippen molar-refractivity contribution in [3.05, 3.63) is 23.8 Å². The van der Waals surface area contributed by atoms with Crippen molar-refractivity contribution in [1.29, 1.82) is 0 Å². The molecule has 0 aliphatic heterocycles. The number of ether oxygens (including phenoxy) is 3. The van der Waals surface area contributed by atoms with Crippen molar-refractivity contribution in [2.45, 2.75) is 33.3 Å². The predicted molar refractivity (Wildman–Crippen MR) is 73.9 cm³/mol. The molecule has 0 heterocycles. The molecule has 0 aromatic heterocycles. The van der Waals surface area contributed by atoms with Gasteiger partial charge in [-0.05, 0) is 31.0 Å². The first-order chi connectivity index (χ1) is 9.03. The fraction of sp³-hybridized carbons (Fsp3) is 0.533. The van der Waals surface area contributed by atoms with Gasteiger partial charge in [0.1, 0.15) is 6.10 Å². The van der Waals surface area contributed by atoms with Gasteiger partial charge >= 0.3 is 5.97 Å². The lowest BCUT2D eigenvalue weighted by Gasteiger charge is -2.19. The molecule has 1 rings (SSSR count). The van der Waals surface area contributed by atoms with Crippen LogP contribution < -0.4 is 9.47 Å². The van der Waals surface area contributed by atoms with Gasteiger partial charge in [0.15, 0.2) is 11.5 Å². The smallest absolute Gasteiger partial charge is 0.338 e. The van der Waals surface area contributed by atoms with Crippen molar-refractivity contribution in [3.8, 4) is 11.5 Å². The summed E-state index contributed by atoms with van der Waals surface area (Å²) < 4.78 is 15.7. The lowest BCUT2D eigenvalue weighted by atomic mass is 10.0. The van der Waals surface area contributed by atoms with Crippen LogP contribution in [0.1, 0.15) is 37.6 Å². The molecule has 1 aromatic rings. The molecule has 0 spiro atoms. The molecule has 2 atom stereocenters. The van der Waals surface area contributed by atoms with Gasteiger partial charge in [-0.2, -0.15) is 0 Å². The van der Waals surface area contributed by atoms with Crippen molar-refractivity contribution < 1.29 is 19.0 Å².